The van der Waals surface area contributed by atoms with Crippen molar-refractivity contribution in [2.45, 2.75) is 18.2 Å². The van der Waals surface area contributed by atoms with Gasteiger partial charge in [0.2, 0.25) is 5.82 Å². The SMILES string of the molecule is CCS(=O)(=O)c1ccccc1Oc1ccc(Nc2ccc3nnc(C(F)F)n3n2)cc1. The zero-order valence-corrected chi connectivity index (χ0v) is 17.1. The van der Waals surface area contributed by atoms with E-state index in [4.69, 9.17) is 4.74 Å². The van der Waals surface area contributed by atoms with Crippen LogP contribution in [0.25, 0.3) is 5.65 Å². The van der Waals surface area contributed by atoms with Crippen molar-refractivity contribution in [2.75, 3.05) is 11.1 Å². The van der Waals surface area contributed by atoms with E-state index in [1.54, 1.807) is 55.5 Å². The average molecular weight is 445 g/mol. The Balaban J connectivity index is 1.54. The Labute approximate surface area is 176 Å². The third-order valence-electron chi connectivity index (χ3n) is 4.40. The van der Waals surface area contributed by atoms with Crippen LogP contribution in [0.4, 0.5) is 20.3 Å². The number of alkyl halides is 2. The standard InChI is InChI=1S/C20H17F2N5O3S/c1-2-31(28,29)16-6-4-3-5-15(16)30-14-9-7-13(8-10-14)23-17-11-12-18-24-25-20(19(21)22)27(18)26-17/h3-12,19H,2H2,1H3,(H,23,26). The van der Waals surface area contributed by atoms with Crippen molar-refractivity contribution in [1.82, 2.24) is 19.8 Å². The molecular formula is C20H17F2N5O3S. The van der Waals surface area contributed by atoms with Gasteiger partial charge in [-0.1, -0.05) is 19.1 Å². The maximum absolute atomic E-state index is 13.0. The lowest BCUT2D eigenvalue weighted by molar-refractivity contribution is 0.137. The molecule has 0 aliphatic carbocycles. The predicted octanol–water partition coefficient (Wildman–Crippen LogP) is 4.39. The molecule has 160 valence electrons. The van der Waals surface area contributed by atoms with Gasteiger partial charge >= 0.3 is 0 Å². The summed E-state index contributed by atoms with van der Waals surface area (Å²) in [5.74, 6) is 0.425. The Bertz CT molecular complexity index is 1320. The molecular weight excluding hydrogens is 428 g/mol. The second-order valence-corrected chi connectivity index (χ2v) is 8.70. The number of halogens is 2. The highest BCUT2D eigenvalue weighted by molar-refractivity contribution is 7.91. The van der Waals surface area contributed by atoms with Crippen molar-refractivity contribution < 1.29 is 21.9 Å². The molecule has 0 radical (unpaired) electrons. The molecule has 0 saturated heterocycles. The highest BCUT2D eigenvalue weighted by Gasteiger charge is 2.18. The first-order valence-corrected chi connectivity index (χ1v) is 10.9. The fraction of sp³-hybridized carbons (Fsp3) is 0.150. The number of hydrogen-bond donors (Lipinski definition) is 1. The van der Waals surface area contributed by atoms with Gasteiger partial charge in [0.05, 0.1) is 5.75 Å². The number of benzene rings is 2. The first kappa shape index (κ1) is 20.7. The quantitative estimate of drug-likeness (QED) is 0.450. The van der Waals surface area contributed by atoms with Gasteiger partial charge in [0, 0.05) is 5.69 Å². The number of para-hydroxylation sites is 1. The molecule has 4 aromatic rings. The molecule has 31 heavy (non-hydrogen) atoms. The summed E-state index contributed by atoms with van der Waals surface area (Å²) < 4.78 is 57.3. The molecule has 8 nitrogen and oxygen atoms in total. The van der Waals surface area contributed by atoms with Gasteiger partial charge in [0.15, 0.2) is 21.3 Å². The fourth-order valence-corrected chi connectivity index (χ4v) is 3.85. The monoisotopic (exact) mass is 445 g/mol. The van der Waals surface area contributed by atoms with E-state index < -0.39 is 22.1 Å². The van der Waals surface area contributed by atoms with Crippen molar-refractivity contribution in [3.63, 3.8) is 0 Å². The zero-order chi connectivity index (χ0) is 22.0. The largest absolute Gasteiger partial charge is 0.456 e. The van der Waals surface area contributed by atoms with Gasteiger partial charge in [-0.25, -0.2) is 17.2 Å². The van der Waals surface area contributed by atoms with E-state index in [0.717, 1.165) is 4.52 Å². The molecule has 0 aliphatic heterocycles. The molecule has 0 bridgehead atoms. The second kappa shape index (κ2) is 8.26. The number of hydrogen-bond acceptors (Lipinski definition) is 7. The minimum atomic E-state index is -3.43. The van der Waals surface area contributed by atoms with Gasteiger partial charge < -0.3 is 10.1 Å². The van der Waals surface area contributed by atoms with Gasteiger partial charge in [0.1, 0.15) is 16.4 Å². The van der Waals surface area contributed by atoms with Crippen LogP contribution in [0, 0.1) is 0 Å². The van der Waals surface area contributed by atoms with Crippen molar-refractivity contribution >= 4 is 27.0 Å². The smallest absolute Gasteiger partial charge is 0.299 e. The summed E-state index contributed by atoms with van der Waals surface area (Å²) in [6.07, 6.45) is -2.80. The van der Waals surface area contributed by atoms with Crippen molar-refractivity contribution in [1.29, 1.82) is 0 Å². The van der Waals surface area contributed by atoms with E-state index in [0.29, 0.717) is 17.3 Å². The number of nitrogens with zero attached hydrogens (tertiary/aromatic N) is 4. The number of anilines is 2. The van der Waals surface area contributed by atoms with E-state index in [1.807, 2.05) is 0 Å². The normalized spacial score (nSPS) is 11.7. The number of nitrogens with one attached hydrogen (secondary N) is 1. The molecule has 2 heterocycles. The number of sulfone groups is 1. The maximum Gasteiger partial charge on any atom is 0.299 e. The lowest BCUT2D eigenvalue weighted by atomic mass is 10.3. The molecule has 0 unspecified atom stereocenters. The highest BCUT2D eigenvalue weighted by atomic mass is 32.2. The first-order valence-electron chi connectivity index (χ1n) is 9.24. The van der Waals surface area contributed by atoms with Crippen LogP contribution >= 0.6 is 0 Å². The van der Waals surface area contributed by atoms with E-state index in [9.17, 15) is 17.2 Å². The summed E-state index contributed by atoms with van der Waals surface area (Å²) in [6.45, 7) is 1.57. The number of ether oxygens (including phenoxy) is 1. The fourth-order valence-electron chi connectivity index (χ4n) is 2.84. The minimum absolute atomic E-state index is 0.0344. The summed E-state index contributed by atoms with van der Waals surface area (Å²) in [5.41, 5.74) is 0.839. The zero-order valence-electron chi connectivity index (χ0n) is 16.2. The molecule has 0 aliphatic rings. The van der Waals surface area contributed by atoms with Crippen molar-refractivity contribution in [2.24, 2.45) is 0 Å². The third-order valence-corrected chi connectivity index (χ3v) is 6.17. The van der Waals surface area contributed by atoms with Crippen LogP contribution < -0.4 is 10.1 Å². The Hall–Kier alpha value is -3.60. The first-order chi connectivity index (χ1) is 14.9. The maximum atomic E-state index is 13.0. The molecule has 1 N–H and O–H groups in total. The van der Waals surface area contributed by atoms with Crippen molar-refractivity contribution in [3.05, 3.63) is 66.5 Å². The number of fused-ring (bicyclic) bond motifs is 1. The average Bonchev–Trinajstić information content (AvgIpc) is 3.19. The second-order valence-electron chi connectivity index (χ2n) is 6.45. The molecule has 0 fully saturated rings. The molecule has 0 saturated carbocycles. The van der Waals surface area contributed by atoms with E-state index in [-0.39, 0.29) is 22.0 Å². The predicted molar refractivity (Wildman–Crippen MR) is 110 cm³/mol. The summed E-state index contributed by atoms with van der Waals surface area (Å²) >= 11 is 0. The van der Waals surface area contributed by atoms with Gasteiger partial charge in [-0.05, 0) is 48.5 Å². The summed E-state index contributed by atoms with van der Waals surface area (Å²) in [7, 11) is -3.43. The van der Waals surface area contributed by atoms with Crippen molar-refractivity contribution in [3.8, 4) is 11.5 Å². The summed E-state index contributed by atoms with van der Waals surface area (Å²) in [4.78, 5) is 0.126. The van der Waals surface area contributed by atoms with E-state index in [2.05, 4.69) is 20.6 Å². The lowest BCUT2D eigenvalue weighted by Crippen LogP contribution is -2.05. The van der Waals surface area contributed by atoms with Crippen LogP contribution in [-0.4, -0.2) is 34.0 Å². The molecule has 0 atom stereocenters. The molecule has 2 aromatic heterocycles. The number of rotatable bonds is 7. The Morgan fingerprint density at radius 2 is 1.77 bits per heavy atom. The van der Waals surface area contributed by atoms with Gasteiger partial charge in [0.25, 0.3) is 6.43 Å². The van der Waals surface area contributed by atoms with E-state index in [1.165, 1.54) is 12.1 Å². The Morgan fingerprint density at radius 1 is 1.03 bits per heavy atom. The van der Waals surface area contributed by atoms with Crippen LogP contribution in [0.15, 0.2) is 65.6 Å². The Kier molecular flexibility index (Phi) is 5.51. The summed E-state index contributed by atoms with van der Waals surface area (Å²) in [5, 5.41) is 14.2. The van der Waals surface area contributed by atoms with E-state index >= 15 is 0 Å². The van der Waals surface area contributed by atoms with Gasteiger partial charge in [-0.3, -0.25) is 0 Å². The van der Waals surface area contributed by atoms with Crippen LogP contribution in [0.3, 0.4) is 0 Å². The minimum Gasteiger partial charge on any atom is -0.456 e. The lowest BCUT2D eigenvalue weighted by Gasteiger charge is -2.12. The molecule has 4 rings (SSSR count). The Morgan fingerprint density at radius 3 is 2.48 bits per heavy atom. The van der Waals surface area contributed by atoms with Crippen LogP contribution in [0.2, 0.25) is 0 Å². The summed E-state index contributed by atoms with van der Waals surface area (Å²) in [6, 6.07) is 16.2. The highest BCUT2D eigenvalue weighted by Crippen LogP contribution is 2.30. The van der Waals surface area contributed by atoms with Gasteiger partial charge in [-0.15, -0.1) is 15.3 Å². The molecule has 0 spiro atoms. The number of aromatic nitrogens is 4. The topological polar surface area (TPSA) is 98.5 Å². The van der Waals surface area contributed by atoms with Crippen LogP contribution in [0.1, 0.15) is 19.2 Å². The molecule has 0 amide bonds. The van der Waals surface area contributed by atoms with Crippen LogP contribution in [0.5, 0.6) is 11.5 Å². The molecule has 2 aromatic carbocycles. The molecule has 11 heteroatoms. The van der Waals surface area contributed by atoms with Crippen LogP contribution in [-0.2, 0) is 9.84 Å². The third kappa shape index (κ3) is 4.31. The van der Waals surface area contributed by atoms with Gasteiger partial charge in [-0.2, -0.15) is 4.52 Å².